The molecule has 8 nitrogen and oxygen atoms in total. The lowest BCUT2D eigenvalue weighted by Crippen LogP contribution is -2.21. The Hall–Kier alpha value is -4.11. The number of nitrogens with one attached hydrogen (secondary N) is 1. The summed E-state index contributed by atoms with van der Waals surface area (Å²) in [4.78, 5) is 14.8. The molecule has 1 amide bonds. The number of methoxy groups -OCH3 is 1. The molecule has 0 saturated carbocycles. The topological polar surface area (TPSA) is 84.6 Å². The molecule has 4 aromatic rings. The fraction of sp³-hybridized carbons (Fsp3) is 0.241. The number of carbonyl (C=O) groups excluding carboxylic acids is 1. The van der Waals surface area contributed by atoms with Gasteiger partial charge in [0.25, 0.3) is 5.91 Å². The maximum absolute atomic E-state index is 12.5. The van der Waals surface area contributed by atoms with Gasteiger partial charge in [0.05, 0.1) is 19.1 Å². The van der Waals surface area contributed by atoms with E-state index in [-0.39, 0.29) is 11.7 Å². The maximum atomic E-state index is 12.5. The van der Waals surface area contributed by atoms with Gasteiger partial charge in [-0.25, -0.2) is 5.43 Å². The van der Waals surface area contributed by atoms with Gasteiger partial charge in [-0.3, -0.25) is 9.36 Å². The highest BCUT2D eigenvalue weighted by Crippen LogP contribution is 2.29. The van der Waals surface area contributed by atoms with E-state index in [1.54, 1.807) is 13.3 Å². The van der Waals surface area contributed by atoms with Crippen LogP contribution in [0.5, 0.6) is 5.75 Å². The van der Waals surface area contributed by atoms with Crippen LogP contribution in [0.1, 0.15) is 25.0 Å². The van der Waals surface area contributed by atoms with Gasteiger partial charge >= 0.3 is 0 Å². The van der Waals surface area contributed by atoms with Gasteiger partial charge in [0.2, 0.25) is 0 Å². The number of hydrazone groups is 1. The number of hydrogen-bond donors (Lipinski definition) is 1. The summed E-state index contributed by atoms with van der Waals surface area (Å²) < 4.78 is 7.24. The van der Waals surface area contributed by atoms with E-state index < -0.39 is 0 Å². The Kier molecular flexibility index (Phi) is 9.16. The van der Waals surface area contributed by atoms with Gasteiger partial charge in [0.15, 0.2) is 11.0 Å². The van der Waals surface area contributed by atoms with Crippen molar-refractivity contribution in [3.63, 3.8) is 0 Å². The largest absolute Gasteiger partial charge is 0.497 e. The fourth-order valence-corrected chi connectivity index (χ4v) is 4.66. The van der Waals surface area contributed by atoms with Crippen molar-refractivity contribution < 1.29 is 9.53 Å². The van der Waals surface area contributed by atoms with Gasteiger partial charge in [0.1, 0.15) is 5.75 Å². The molecule has 0 fully saturated rings. The number of benzene rings is 3. The zero-order valence-electron chi connectivity index (χ0n) is 22.1. The number of nitrogens with zero attached hydrogens (tertiary/aromatic N) is 5. The summed E-state index contributed by atoms with van der Waals surface area (Å²) in [6.45, 7) is 8.22. The van der Waals surface area contributed by atoms with Crippen LogP contribution in [-0.4, -0.2) is 52.8 Å². The van der Waals surface area contributed by atoms with Crippen molar-refractivity contribution in [1.29, 1.82) is 0 Å². The van der Waals surface area contributed by atoms with E-state index >= 15 is 0 Å². The number of amides is 1. The number of carbonyl (C=O) groups is 1. The summed E-state index contributed by atoms with van der Waals surface area (Å²) in [5.41, 5.74) is 7.65. The van der Waals surface area contributed by atoms with Crippen molar-refractivity contribution in [2.75, 3.05) is 30.9 Å². The second kappa shape index (κ2) is 12.9. The summed E-state index contributed by atoms with van der Waals surface area (Å²) in [5.74, 6) is 1.37. The summed E-state index contributed by atoms with van der Waals surface area (Å²) in [6, 6.07) is 23.9. The fourth-order valence-electron chi connectivity index (χ4n) is 3.92. The first kappa shape index (κ1) is 26.9. The summed E-state index contributed by atoms with van der Waals surface area (Å²) in [7, 11) is 1.64. The van der Waals surface area contributed by atoms with Crippen molar-refractivity contribution in [2.45, 2.75) is 25.9 Å². The molecule has 0 atom stereocenters. The molecular formula is C29H32N6O2S. The van der Waals surface area contributed by atoms with Crippen LogP contribution in [0.3, 0.4) is 0 Å². The Morgan fingerprint density at radius 3 is 2.32 bits per heavy atom. The Morgan fingerprint density at radius 1 is 1.00 bits per heavy atom. The third-order valence-corrected chi connectivity index (χ3v) is 6.96. The minimum absolute atomic E-state index is 0.144. The van der Waals surface area contributed by atoms with Gasteiger partial charge in [0, 0.05) is 30.0 Å². The molecule has 4 rings (SSSR count). The lowest BCUT2D eigenvalue weighted by Gasteiger charge is -2.20. The molecule has 1 heterocycles. The second-order valence-corrected chi connectivity index (χ2v) is 9.49. The van der Waals surface area contributed by atoms with Crippen molar-refractivity contribution in [1.82, 2.24) is 20.2 Å². The monoisotopic (exact) mass is 528 g/mol. The molecule has 1 N–H and O–H groups in total. The minimum atomic E-state index is -0.226. The maximum Gasteiger partial charge on any atom is 0.250 e. The predicted molar refractivity (Wildman–Crippen MR) is 155 cm³/mol. The van der Waals surface area contributed by atoms with Crippen molar-refractivity contribution in [2.24, 2.45) is 5.10 Å². The van der Waals surface area contributed by atoms with E-state index in [0.717, 1.165) is 41.2 Å². The van der Waals surface area contributed by atoms with E-state index in [9.17, 15) is 4.79 Å². The van der Waals surface area contributed by atoms with Gasteiger partial charge in [-0.2, -0.15) is 5.10 Å². The first-order chi connectivity index (χ1) is 18.5. The quantitative estimate of drug-likeness (QED) is 0.161. The molecule has 0 bridgehead atoms. The Bertz CT molecular complexity index is 1360. The highest BCUT2D eigenvalue weighted by molar-refractivity contribution is 7.99. The minimum Gasteiger partial charge on any atom is -0.497 e. The van der Waals surface area contributed by atoms with Crippen molar-refractivity contribution in [3.05, 3.63) is 83.9 Å². The molecule has 9 heteroatoms. The van der Waals surface area contributed by atoms with Crippen LogP contribution in [-0.2, 0) is 4.79 Å². The molecule has 3 aromatic carbocycles. The van der Waals surface area contributed by atoms with Crippen LogP contribution in [0.4, 0.5) is 5.69 Å². The van der Waals surface area contributed by atoms with Gasteiger partial charge in [-0.15, -0.1) is 10.2 Å². The van der Waals surface area contributed by atoms with E-state index in [4.69, 9.17) is 4.74 Å². The van der Waals surface area contributed by atoms with E-state index in [1.165, 1.54) is 17.4 Å². The number of ether oxygens (including phenoxy) is 1. The average Bonchev–Trinajstić information content (AvgIpc) is 3.38. The van der Waals surface area contributed by atoms with E-state index in [1.807, 2.05) is 72.2 Å². The predicted octanol–water partition coefficient (Wildman–Crippen LogP) is 5.34. The smallest absolute Gasteiger partial charge is 0.250 e. The third-order valence-electron chi connectivity index (χ3n) is 6.03. The molecule has 38 heavy (non-hydrogen) atoms. The lowest BCUT2D eigenvalue weighted by molar-refractivity contribution is -0.118. The van der Waals surface area contributed by atoms with Gasteiger partial charge < -0.3 is 9.64 Å². The van der Waals surface area contributed by atoms with Crippen LogP contribution in [0.15, 0.2) is 83.1 Å². The van der Waals surface area contributed by atoms with Crippen LogP contribution < -0.4 is 15.1 Å². The standard InChI is InChI=1S/C29H32N6O2S/c1-5-34(6-2)24-15-9-22(10-16-24)19-30-31-27(36)20-38-29-33-32-28(23-11-17-26(37-4)18-12-23)35(29)25-13-7-21(3)8-14-25/h7-19H,5-6,20H2,1-4H3,(H,31,36)/b30-19-. The number of anilines is 1. The number of rotatable bonds is 11. The molecule has 196 valence electrons. The molecule has 0 saturated heterocycles. The molecule has 0 aliphatic heterocycles. The first-order valence-corrected chi connectivity index (χ1v) is 13.5. The molecule has 0 unspecified atom stereocenters. The summed E-state index contributed by atoms with van der Waals surface area (Å²) in [6.07, 6.45) is 1.64. The van der Waals surface area contributed by atoms with Crippen molar-refractivity contribution in [3.8, 4) is 22.8 Å². The zero-order chi connectivity index (χ0) is 26.9. The van der Waals surface area contributed by atoms with E-state index in [0.29, 0.717) is 11.0 Å². The second-order valence-electron chi connectivity index (χ2n) is 8.55. The Balaban J connectivity index is 1.44. The van der Waals surface area contributed by atoms with Crippen LogP contribution in [0.25, 0.3) is 17.1 Å². The molecule has 0 aliphatic rings. The zero-order valence-corrected chi connectivity index (χ0v) is 22.9. The molecule has 1 aromatic heterocycles. The number of aromatic nitrogens is 3. The van der Waals surface area contributed by atoms with Crippen LogP contribution in [0, 0.1) is 6.92 Å². The third kappa shape index (κ3) is 6.60. The van der Waals surface area contributed by atoms with Gasteiger partial charge in [-0.05, 0) is 74.9 Å². The molecule has 0 aliphatic carbocycles. The summed E-state index contributed by atoms with van der Waals surface area (Å²) in [5, 5.41) is 13.6. The molecule has 0 spiro atoms. The first-order valence-electron chi connectivity index (χ1n) is 12.5. The normalized spacial score (nSPS) is 11.1. The number of aryl methyl sites for hydroxylation is 1. The number of thioether (sulfide) groups is 1. The van der Waals surface area contributed by atoms with Crippen LogP contribution in [0.2, 0.25) is 0 Å². The lowest BCUT2D eigenvalue weighted by atomic mass is 10.2. The highest BCUT2D eigenvalue weighted by Gasteiger charge is 2.17. The van der Waals surface area contributed by atoms with E-state index in [2.05, 4.69) is 51.6 Å². The van der Waals surface area contributed by atoms with Crippen LogP contribution >= 0.6 is 11.8 Å². The SMILES string of the molecule is CCN(CC)c1ccc(/C=N\NC(=O)CSc2nnc(-c3ccc(OC)cc3)n2-c2ccc(C)cc2)cc1. The van der Waals surface area contributed by atoms with Crippen molar-refractivity contribution >= 4 is 29.6 Å². The molecular weight excluding hydrogens is 496 g/mol. The van der Waals surface area contributed by atoms with Gasteiger partial charge in [-0.1, -0.05) is 41.6 Å². The molecule has 0 radical (unpaired) electrons. The highest BCUT2D eigenvalue weighted by atomic mass is 32.2. The Morgan fingerprint density at radius 2 is 1.68 bits per heavy atom. The Labute approximate surface area is 227 Å². The summed E-state index contributed by atoms with van der Waals surface area (Å²) >= 11 is 1.31. The number of hydrogen-bond acceptors (Lipinski definition) is 7. The average molecular weight is 529 g/mol.